The van der Waals surface area contributed by atoms with Crippen LogP contribution in [0.3, 0.4) is 0 Å². The van der Waals surface area contributed by atoms with Crippen molar-refractivity contribution in [2.24, 2.45) is 53.3 Å². The van der Waals surface area contributed by atoms with Crippen LogP contribution < -0.4 is 0 Å². The number of alkyl halides is 5. The van der Waals surface area contributed by atoms with E-state index in [1.807, 2.05) is 0 Å². The second kappa shape index (κ2) is 6.64. The molecule has 0 N–H and O–H groups in total. The molecule has 10 unspecified atom stereocenters. The summed E-state index contributed by atoms with van der Waals surface area (Å²) >= 11 is 0. The van der Waals surface area contributed by atoms with Gasteiger partial charge in [-0.25, -0.2) is 0 Å². The molecule has 5 aliphatic rings. The zero-order valence-electron chi connectivity index (χ0n) is 17.4. The fourth-order valence-corrected chi connectivity index (χ4v) is 7.64. The molecule has 4 aliphatic carbocycles. The lowest BCUT2D eigenvalue weighted by Gasteiger charge is -2.43. The number of fused-ring (bicyclic) bond motifs is 9. The summed E-state index contributed by atoms with van der Waals surface area (Å²) in [7, 11) is 1.15. The minimum absolute atomic E-state index is 0.0479. The van der Waals surface area contributed by atoms with E-state index in [0.717, 1.165) is 20.0 Å². The SMILES string of the molecule is COC(OC1(C(F)(F)F)OCC(C2CC3CC2C2C4C=CC(C4)C32)C1(F)F)C(C)C. The zero-order valence-corrected chi connectivity index (χ0v) is 17.4. The summed E-state index contributed by atoms with van der Waals surface area (Å²) in [6.07, 6.45) is 0.122. The summed E-state index contributed by atoms with van der Waals surface area (Å²) in [5.41, 5.74) is 0. The Balaban J connectivity index is 1.44. The van der Waals surface area contributed by atoms with Crippen molar-refractivity contribution in [3.63, 3.8) is 0 Å². The van der Waals surface area contributed by atoms with Gasteiger partial charge in [-0.15, -0.1) is 0 Å². The number of hydrogen-bond acceptors (Lipinski definition) is 3. The van der Waals surface area contributed by atoms with Gasteiger partial charge in [0, 0.05) is 13.0 Å². The van der Waals surface area contributed by atoms with E-state index in [1.54, 1.807) is 13.8 Å². The Bertz CT molecular complexity index is 722. The molecule has 1 heterocycles. The minimum Gasteiger partial charge on any atom is -0.355 e. The molecule has 4 fully saturated rings. The maximum absolute atomic E-state index is 15.7. The molecule has 0 aromatic rings. The molecule has 1 saturated heterocycles. The average molecular weight is 436 g/mol. The van der Waals surface area contributed by atoms with E-state index in [1.165, 1.54) is 0 Å². The highest BCUT2D eigenvalue weighted by Gasteiger charge is 2.81. The largest absolute Gasteiger partial charge is 0.450 e. The number of ether oxygens (including phenoxy) is 3. The highest BCUT2D eigenvalue weighted by atomic mass is 19.4. The third kappa shape index (κ3) is 2.59. The van der Waals surface area contributed by atoms with Crippen molar-refractivity contribution in [1.29, 1.82) is 0 Å². The Morgan fingerprint density at radius 2 is 1.63 bits per heavy atom. The maximum Gasteiger partial charge on any atom is 0.450 e. The van der Waals surface area contributed by atoms with Gasteiger partial charge in [-0.2, -0.15) is 22.0 Å². The number of allylic oxidation sites excluding steroid dienone is 2. The van der Waals surface area contributed by atoms with Gasteiger partial charge in [0.2, 0.25) is 0 Å². The summed E-state index contributed by atoms with van der Waals surface area (Å²) in [6.45, 7) is 2.47. The quantitative estimate of drug-likeness (QED) is 0.255. The first kappa shape index (κ1) is 21.1. The van der Waals surface area contributed by atoms with Gasteiger partial charge >= 0.3 is 17.9 Å². The fraction of sp³-hybridized carbons (Fsp3) is 0.909. The zero-order chi connectivity index (χ0) is 21.6. The van der Waals surface area contributed by atoms with Crippen LogP contribution in [0.1, 0.15) is 33.1 Å². The Morgan fingerprint density at radius 1 is 1.00 bits per heavy atom. The molecule has 0 radical (unpaired) electrons. The summed E-state index contributed by atoms with van der Waals surface area (Å²) in [5.74, 6) is -8.48. The predicted octanol–water partition coefficient (Wildman–Crippen LogP) is 5.27. The predicted molar refractivity (Wildman–Crippen MR) is 97.3 cm³/mol. The molecule has 170 valence electrons. The van der Waals surface area contributed by atoms with Crippen LogP contribution >= 0.6 is 0 Å². The van der Waals surface area contributed by atoms with Gasteiger partial charge in [-0.3, -0.25) is 0 Å². The first-order valence-corrected chi connectivity index (χ1v) is 11.0. The van der Waals surface area contributed by atoms with E-state index in [4.69, 9.17) is 14.2 Å². The first-order valence-electron chi connectivity index (χ1n) is 11.0. The molecule has 1 aliphatic heterocycles. The van der Waals surface area contributed by atoms with Crippen LogP contribution in [-0.4, -0.2) is 37.9 Å². The summed E-state index contributed by atoms with van der Waals surface area (Å²) in [4.78, 5) is 0. The molecule has 8 heteroatoms. The van der Waals surface area contributed by atoms with E-state index in [2.05, 4.69) is 12.2 Å². The molecule has 3 saturated carbocycles. The molecule has 0 aromatic carbocycles. The van der Waals surface area contributed by atoms with Crippen LogP contribution in [-0.2, 0) is 14.2 Å². The van der Waals surface area contributed by atoms with Gasteiger partial charge in [0.1, 0.15) is 0 Å². The van der Waals surface area contributed by atoms with Crippen molar-refractivity contribution >= 4 is 0 Å². The van der Waals surface area contributed by atoms with Crippen molar-refractivity contribution in [3.05, 3.63) is 12.2 Å². The molecule has 0 aromatic heterocycles. The number of methoxy groups -OCH3 is 1. The van der Waals surface area contributed by atoms with Crippen molar-refractivity contribution in [3.8, 4) is 0 Å². The number of halogens is 5. The molecule has 3 nitrogen and oxygen atoms in total. The molecular formula is C22H29F5O3. The number of rotatable bonds is 5. The molecule has 0 amide bonds. The van der Waals surface area contributed by atoms with Gasteiger partial charge in [-0.1, -0.05) is 26.0 Å². The van der Waals surface area contributed by atoms with Gasteiger partial charge in [0.15, 0.2) is 6.29 Å². The van der Waals surface area contributed by atoms with Crippen molar-refractivity contribution in [1.82, 2.24) is 0 Å². The highest BCUT2D eigenvalue weighted by molar-refractivity contribution is 5.22. The Kier molecular flexibility index (Phi) is 4.68. The summed E-state index contributed by atoms with van der Waals surface area (Å²) in [5, 5.41) is 0. The van der Waals surface area contributed by atoms with Crippen molar-refractivity contribution in [2.45, 2.75) is 57.3 Å². The van der Waals surface area contributed by atoms with Gasteiger partial charge in [0.25, 0.3) is 0 Å². The second-order valence-electron chi connectivity index (χ2n) is 10.3. The van der Waals surface area contributed by atoms with E-state index >= 15 is 8.78 Å². The summed E-state index contributed by atoms with van der Waals surface area (Å²) in [6, 6.07) is 0. The summed E-state index contributed by atoms with van der Waals surface area (Å²) < 4.78 is 88.3. The van der Waals surface area contributed by atoms with Crippen LogP contribution in [0.15, 0.2) is 12.2 Å². The highest BCUT2D eigenvalue weighted by Crippen LogP contribution is 2.70. The first-order chi connectivity index (χ1) is 14.0. The number of hydrogen-bond donors (Lipinski definition) is 0. The fourth-order valence-electron chi connectivity index (χ4n) is 7.64. The monoisotopic (exact) mass is 436 g/mol. The molecular weight excluding hydrogens is 407 g/mol. The standard InChI is InChI=1S/C22H29F5O3/c1-10(2)19(28-3)30-21(22(25,26)27)20(23,24)16(9-29-21)14-7-13-8-15(14)18-12-5-4-11(6-12)17(13)18/h4-5,10-19H,6-9H2,1-3H3. The smallest absolute Gasteiger partial charge is 0.355 e. The molecule has 5 rings (SSSR count). The third-order valence-corrected chi connectivity index (χ3v) is 8.64. The van der Waals surface area contributed by atoms with Gasteiger partial charge < -0.3 is 14.2 Å². The molecule has 0 spiro atoms. The van der Waals surface area contributed by atoms with E-state index in [9.17, 15) is 13.2 Å². The van der Waals surface area contributed by atoms with Gasteiger partial charge in [-0.05, 0) is 60.7 Å². The molecule has 30 heavy (non-hydrogen) atoms. The second-order valence-corrected chi connectivity index (χ2v) is 10.3. The van der Waals surface area contributed by atoms with E-state index in [-0.39, 0.29) is 5.92 Å². The van der Waals surface area contributed by atoms with E-state index < -0.39 is 48.5 Å². The van der Waals surface area contributed by atoms with Crippen LogP contribution in [0.4, 0.5) is 22.0 Å². The minimum atomic E-state index is -5.38. The topological polar surface area (TPSA) is 27.7 Å². The van der Waals surface area contributed by atoms with Crippen molar-refractivity contribution in [2.75, 3.05) is 13.7 Å². The van der Waals surface area contributed by atoms with Crippen LogP contribution in [0.5, 0.6) is 0 Å². The maximum atomic E-state index is 15.7. The van der Waals surface area contributed by atoms with Crippen LogP contribution in [0.2, 0.25) is 0 Å². The molecule has 10 atom stereocenters. The Hall–Kier alpha value is -0.730. The van der Waals surface area contributed by atoms with Crippen molar-refractivity contribution < 1.29 is 36.2 Å². The molecule has 4 bridgehead atoms. The Labute approximate surface area is 173 Å². The lowest BCUT2D eigenvalue weighted by molar-refractivity contribution is -0.449. The van der Waals surface area contributed by atoms with Crippen LogP contribution in [0, 0.1) is 53.3 Å². The van der Waals surface area contributed by atoms with Crippen LogP contribution in [0.25, 0.3) is 0 Å². The lowest BCUT2D eigenvalue weighted by atomic mass is 9.65. The van der Waals surface area contributed by atoms with Gasteiger partial charge in [0.05, 0.1) is 12.5 Å². The average Bonchev–Trinajstić information content (AvgIpc) is 3.43. The Morgan fingerprint density at radius 3 is 2.23 bits per heavy atom. The van der Waals surface area contributed by atoms with E-state index in [0.29, 0.717) is 36.0 Å². The lowest BCUT2D eigenvalue weighted by Crippen LogP contribution is -2.62. The third-order valence-electron chi connectivity index (χ3n) is 8.64. The normalized spacial score (nSPS) is 49.4.